The summed E-state index contributed by atoms with van der Waals surface area (Å²) in [5.74, 6) is 0.483. The van der Waals surface area contributed by atoms with Crippen LogP contribution in [-0.2, 0) is 4.79 Å². The lowest BCUT2D eigenvalue weighted by Crippen LogP contribution is -2.32. The fourth-order valence-corrected chi connectivity index (χ4v) is 2.70. The summed E-state index contributed by atoms with van der Waals surface area (Å²) in [5, 5.41) is 2.89. The number of hydrogen-bond donors (Lipinski definition) is 1. The molecule has 1 aliphatic rings. The number of imide groups is 1. The molecule has 114 valence electrons. The van der Waals surface area contributed by atoms with E-state index in [4.69, 9.17) is 4.42 Å². The number of oxazole rings is 1. The van der Waals surface area contributed by atoms with Gasteiger partial charge in [0.05, 0.1) is 12.7 Å². The number of thioether (sulfide) groups is 1. The van der Waals surface area contributed by atoms with Crippen molar-refractivity contribution in [3.8, 4) is 11.3 Å². The fraction of sp³-hybridized carbons (Fsp3) is 0.214. The van der Waals surface area contributed by atoms with Crippen LogP contribution in [0.2, 0.25) is 0 Å². The largest absolute Gasteiger partial charge is 0.431 e. The van der Waals surface area contributed by atoms with Crippen LogP contribution in [0.1, 0.15) is 0 Å². The Hall–Kier alpha value is -2.35. The highest BCUT2D eigenvalue weighted by Gasteiger charge is 2.27. The Morgan fingerprint density at radius 1 is 1.32 bits per heavy atom. The number of benzene rings is 1. The second-order valence-electron chi connectivity index (χ2n) is 4.55. The number of halogens is 1. The molecule has 22 heavy (non-hydrogen) atoms. The third-order valence-electron chi connectivity index (χ3n) is 3.09. The predicted molar refractivity (Wildman–Crippen MR) is 77.7 cm³/mol. The molecule has 1 N–H and O–H groups in total. The number of aromatic nitrogens is 1. The predicted octanol–water partition coefficient (Wildman–Crippen LogP) is 2.12. The number of rotatable bonds is 5. The molecule has 2 aromatic rings. The first-order chi connectivity index (χ1) is 10.6. The van der Waals surface area contributed by atoms with Gasteiger partial charge in [-0.15, -0.1) is 0 Å². The van der Waals surface area contributed by atoms with E-state index in [1.54, 1.807) is 18.3 Å². The summed E-state index contributed by atoms with van der Waals surface area (Å²) in [7, 11) is 0. The SMILES string of the molecule is O=C1CNC(=O)N1CCSc1ncc(-c2ccc(F)cc2)o1. The highest BCUT2D eigenvalue weighted by molar-refractivity contribution is 7.99. The molecule has 8 heteroatoms. The van der Waals surface area contributed by atoms with Crippen LogP contribution < -0.4 is 5.32 Å². The van der Waals surface area contributed by atoms with Crippen molar-refractivity contribution in [2.45, 2.75) is 5.22 Å². The number of hydrogen-bond acceptors (Lipinski definition) is 5. The maximum atomic E-state index is 12.9. The fourth-order valence-electron chi connectivity index (χ4n) is 1.98. The van der Waals surface area contributed by atoms with Crippen LogP contribution in [0.15, 0.2) is 40.1 Å². The molecule has 1 aliphatic heterocycles. The highest BCUT2D eigenvalue weighted by atomic mass is 32.2. The van der Waals surface area contributed by atoms with Gasteiger partial charge in [-0.1, -0.05) is 11.8 Å². The molecule has 6 nitrogen and oxygen atoms in total. The number of carbonyl (C=O) groups is 2. The van der Waals surface area contributed by atoms with Crippen molar-refractivity contribution >= 4 is 23.7 Å². The zero-order chi connectivity index (χ0) is 15.5. The van der Waals surface area contributed by atoms with Crippen LogP contribution in [0.4, 0.5) is 9.18 Å². The van der Waals surface area contributed by atoms with Crippen molar-refractivity contribution in [3.05, 3.63) is 36.3 Å². The molecule has 0 radical (unpaired) electrons. The Morgan fingerprint density at radius 3 is 2.77 bits per heavy atom. The van der Waals surface area contributed by atoms with Crippen molar-refractivity contribution in [2.75, 3.05) is 18.8 Å². The quantitative estimate of drug-likeness (QED) is 0.674. The van der Waals surface area contributed by atoms with E-state index in [1.807, 2.05) is 0 Å². The van der Waals surface area contributed by atoms with E-state index in [9.17, 15) is 14.0 Å². The smallest absolute Gasteiger partial charge is 0.324 e. The molecule has 1 aromatic heterocycles. The number of urea groups is 1. The molecule has 0 saturated carbocycles. The number of nitrogens with zero attached hydrogens (tertiary/aromatic N) is 2. The van der Waals surface area contributed by atoms with E-state index in [0.29, 0.717) is 23.3 Å². The van der Waals surface area contributed by atoms with Gasteiger partial charge in [0.25, 0.3) is 5.22 Å². The first-order valence-electron chi connectivity index (χ1n) is 6.56. The molecule has 1 fully saturated rings. The Labute approximate surface area is 129 Å². The van der Waals surface area contributed by atoms with Crippen molar-refractivity contribution in [2.24, 2.45) is 0 Å². The van der Waals surface area contributed by atoms with Gasteiger partial charge in [0, 0.05) is 17.9 Å². The van der Waals surface area contributed by atoms with Crippen LogP contribution in [0.5, 0.6) is 0 Å². The summed E-state index contributed by atoms with van der Waals surface area (Å²) in [6, 6.07) is 5.55. The van der Waals surface area contributed by atoms with Crippen LogP contribution >= 0.6 is 11.8 Å². The Balaban J connectivity index is 1.57. The first kappa shape index (κ1) is 14.6. The molecule has 0 unspecified atom stereocenters. The summed E-state index contributed by atoms with van der Waals surface area (Å²) in [4.78, 5) is 28.0. The Kier molecular flexibility index (Phi) is 4.10. The first-order valence-corrected chi connectivity index (χ1v) is 7.55. The van der Waals surface area contributed by atoms with Crippen LogP contribution in [0.25, 0.3) is 11.3 Å². The zero-order valence-corrected chi connectivity index (χ0v) is 12.2. The van der Waals surface area contributed by atoms with Crippen LogP contribution in [0.3, 0.4) is 0 Å². The normalized spacial score (nSPS) is 14.5. The molecule has 0 bridgehead atoms. The van der Waals surface area contributed by atoms with E-state index in [0.717, 1.165) is 10.5 Å². The molecule has 0 aliphatic carbocycles. The van der Waals surface area contributed by atoms with Gasteiger partial charge in [-0.05, 0) is 24.3 Å². The second kappa shape index (κ2) is 6.18. The van der Waals surface area contributed by atoms with Gasteiger partial charge in [0.2, 0.25) is 5.91 Å². The van der Waals surface area contributed by atoms with Crippen molar-refractivity contribution in [3.63, 3.8) is 0 Å². The second-order valence-corrected chi connectivity index (χ2v) is 5.60. The minimum atomic E-state index is -0.370. The van der Waals surface area contributed by atoms with Gasteiger partial charge in [-0.2, -0.15) is 0 Å². The third kappa shape index (κ3) is 3.11. The van der Waals surface area contributed by atoms with Crippen LogP contribution in [-0.4, -0.2) is 40.7 Å². The van der Waals surface area contributed by atoms with Crippen molar-refractivity contribution in [1.29, 1.82) is 0 Å². The van der Waals surface area contributed by atoms with E-state index < -0.39 is 0 Å². The van der Waals surface area contributed by atoms with Gasteiger partial charge in [0.15, 0.2) is 5.76 Å². The highest BCUT2D eigenvalue weighted by Crippen LogP contribution is 2.25. The Morgan fingerprint density at radius 2 is 2.09 bits per heavy atom. The summed E-state index contributed by atoms with van der Waals surface area (Å²) < 4.78 is 18.4. The molecule has 0 spiro atoms. The molecule has 1 saturated heterocycles. The minimum Gasteiger partial charge on any atom is -0.431 e. The van der Waals surface area contributed by atoms with Gasteiger partial charge in [-0.3, -0.25) is 9.69 Å². The van der Waals surface area contributed by atoms with Crippen LogP contribution in [0, 0.1) is 5.82 Å². The van der Waals surface area contributed by atoms with E-state index in [-0.39, 0.29) is 24.3 Å². The molecule has 1 aromatic carbocycles. The topological polar surface area (TPSA) is 75.4 Å². The maximum Gasteiger partial charge on any atom is 0.324 e. The summed E-state index contributed by atoms with van der Waals surface area (Å²) in [5.41, 5.74) is 0.731. The van der Waals surface area contributed by atoms with Crippen molar-refractivity contribution < 1.29 is 18.4 Å². The monoisotopic (exact) mass is 321 g/mol. The van der Waals surface area contributed by atoms with Gasteiger partial charge < -0.3 is 9.73 Å². The number of amides is 3. The number of nitrogens with one attached hydrogen (secondary N) is 1. The van der Waals surface area contributed by atoms with E-state index in [2.05, 4.69) is 10.3 Å². The molecule has 0 atom stereocenters. The van der Waals surface area contributed by atoms with E-state index >= 15 is 0 Å². The average molecular weight is 321 g/mol. The van der Waals surface area contributed by atoms with Gasteiger partial charge >= 0.3 is 6.03 Å². The number of carbonyl (C=O) groups excluding carboxylic acids is 2. The zero-order valence-electron chi connectivity index (χ0n) is 11.4. The van der Waals surface area contributed by atoms with Gasteiger partial charge in [0.1, 0.15) is 5.82 Å². The molecular weight excluding hydrogens is 309 g/mol. The lowest BCUT2D eigenvalue weighted by atomic mass is 10.2. The average Bonchev–Trinajstić information content (AvgIpc) is 3.10. The maximum absolute atomic E-state index is 12.9. The minimum absolute atomic E-state index is 0.0528. The van der Waals surface area contributed by atoms with Crippen molar-refractivity contribution in [1.82, 2.24) is 15.2 Å². The Bertz CT molecular complexity index is 686. The lowest BCUT2D eigenvalue weighted by molar-refractivity contribution is -0.124. The van der Waals surface area contributed by atoms with E-state index in [1.165, 1.54) is 23.9 Å². The third-order valence-corrected chi connectivity index (χ3v) is 3.91. The summed E-state index contributed by atoms with van der Waals surface area (Å²) >= 11 is 1.30. The lowest BCUT2D eigenvalue weighted by Gasteiger charge is -2.10. The molecule has 2 heterocycles. The molecular formula is C14H12FN3O3S. The summed E-state index contributed by atoms with van der Waals surface area (Å²) in [6.45, 7) is 0.348. The summed E-state index contributed by atoms with van der Waals surface area (Å²) in [6.07, 6.45) is 1.56. The molecule has 3 rings (SSSR count). The molecule has 3 amide bonds. The van der Waals surface area contributed by atoms with Gasteiger partial charge in [-0.25, -0.2) is 14.2 Å². The standard InChI is InChI=1S/C14H12FN3O3S/c15-10-3-1-9(2-4-10)11-7-17-14(21-11)22-6-5-18-12(19)8-16-13(18)20/h1-4,7H,5-6,8H2,(H,16,20).